The smallest absolute Gasteiger partial charge is 0.191 e. The van der Waals surface area contributed by atoms with Gasteiger partial charge in [0.05, 0.1) is 18.8 Å². The Labute approximate surface area is 201 Å². The second-order valence-corrected chi connectivity index (χ2v) is 9.03. The number of aliphatic imine (C=N–C) groups is 1. The molecular weight excluding hydrogens is 507 g/mol. The Bertz CT molecular complexity index is 786. The Kier molecular flexibility index (Phi) is 8.98. The van der Waals surface area contributed by atoms with E-state index < -0.39 is 0 Å². The molecule has 4 unspecified atom stereocenters. The van der Waals surface area contributed by atoms with E-state index in [1.165, 1.54) is 16.9 Å². The second-order valence-electron chi connectivity index (χ2n) is 8.05. The maximum absolute atomic E-state index is 5.75. The van der Waals surface area contributed by atoms with Crippen LogP contribution in [0.15, 0.2) is 52.8 Å². The number of hydrogen-bond donors (Lipinski definition) is 2. The number of ether oxygens (including phenoxy) is 1. The van der Waals surface area contributed by atoms with Crippen LogP contribution in [-0.4, -0.2) is 56.8 Å². The number of guanidine groups is 1. The molecule has 1 saturated carbocycles. The minimum Gasteiger partial charge on any atom is -0.376 e. The maximum atomic E-state index is 5.75. The average Bonchev–Trinajstić information content (AvgIpc) is 3.33. The molecule has 1 aromatic carbocycles. The third kappa shape index (κ3) is 6.18. The third-order valence-corrected chi connectivity index (χ3v) is 6.93. The highest BCUT2D eigenvalue weighted by atomic mass is 127. The summed E-state index contributed by atoms with van der Waals surface area (Å²) in [5, 5.41) is 9.28. The highest BCUT2D eigenvalue weighted by molar-refractivity contribution is 14.0. The van der Waals surface area contributed by atoms with Crippen molar-refractivity contribution < 1.29 is 4.74 Å². The average molecular weight is 541 g/mol. The summed E-state index contributed by atoms with van der Waals surface area (Å²) in [6.07, 6.45) is 1.55. The molecule has 4 rings (SSSR count). The monoisotopic (exact) mass is 540 g/mol. The van der Waals surface area contributed by atoms with Gasteiger partial charge in [0.2, 0.25) is 0 Å². The van der Waals surface area contributed by atoms with Crippen molar-refractivity contribution in [3.63, 3.8) is 0 Å². The van der Waals surface area contributed by atoms with Crippen LogP contribution < -0.4 is 10.6 Å². The van der Waals surface area contributed by atoms with E-state index in [2.05, 4.69) is 75.3 Å². The molecule has 0 spiro atoms. The number of halogens is 1. The molecule has 7 heteroatoms. The van der Waals surface area contributed by atoms with E-state index in [1.54, 1.807) is 0 Å². The lowest BCUT2D eigenvalue weighted by atomic mass is 10.1. The molecule has 0 amide bonds. The summed E-state index contributed by atoms with van der Waals surface area (Å²) < 4.78 is 5.75. The fourth-order valence-corrected chi connectivity index (χ4v) is 5.10. The first-order valence-electron chi connectivity index (χ1n) is 10.6. The van der Waals surface area contributed by atoms with E-state index in [1.807, 2.05) is 18.4 Å². The molecule has 0 radical (unpaired) electrons. The molecule has 30 heavy (non-hydrogen) atoms. The van der Waals surface area contributed by atoms with E-state index in [-0.39, 0.29) is 30.1 Å². The van der Waals surface area contributed by atoms with Crippen molar-refractivity contribution in [3.05, 3.63) is 58.3 Å². The minimum absolute atomic E-state index is 0. The van der Waals surface area contributed by atoms with Gasteiger partial charge in [0.1, 0.15) is 0 Å². The number of benzene rings is 1. The normalized spacial score (nSPS) is 25.3. The Morgan fingerprint density at radius 1 is 1.23 bits per heavy atom. The Morgan fingerprint density at radius 3 is 2.77 bits per heavy atom. The van der Waals surface area contributed by atoms with Crippen LogP contribution in [0.2, 0.25) is 0 Å². The zero-order chi connectivity index (χ0) is 20.1. The molecule has 0 bridgehead atoms. The first kappa shape index (κ1) is 23.5. The number of hydrogen-bond acceptors (Lipinski definition) is 4. The molecule has 2 fully saturated rings. The minimum atomic E-state index is 0. The quantitative estimate of drug-likeness (QED) is 0.316. The largest absolute Gasteiger partial charge is 0.376 e. The molecule has 164 valence electrons. The van der Waals surface area contributed by atoms with Gasteiger partial charge in [0.25, 0.3) is 0 Å². The molecule has 2 aliphatic rings. The van der Waals surface area contributed by atoms with Gasteiger partial charge in [0, 0.05) is 38.1 Å². The summed E-state index contributed by atoms with van der Waals surface area (Å²) in [6.45, 7) is 6.72. The van der Waals surface area contributed by atoms with Crippen LogP contribution >= 0.6 is 35.3 Å². The van der Waals surface area contributed by atoms with Crippen LogP contribution in [-0.2, 0) is 4.74 Å². The lowest BCUT2D eigenvalue weighted by Crippen LogP contribution is -2.48. The highest BCUT2D eigenvalue weighted by Gasteiger charge is 2.37. The molecule has 4 atom stereocenters. The summed E-state index contributed by atoms with van der Waals surface area (Å²) in [6, 6.07) is 15.6. The van der Waals surface area contributed by atoms with Crippen molar-refractivity contribution in [2.45, 2.75) is 31.4 Å². The van der Waals surface area contributed by atoms with Crippen molar-refractivity contribution in [1.82, 2.24) is 15.5 Å². The first-order chi connectivity index (χ1) is 14.2. The van der Waals surface area contributed by atoms with Crippen molar-refractivity contribution >= 4 is 41.3 Å². The molecule has 1 aliphatic carbocycles. The van der Waals surface area contributed by atoms with E-state index in [9.17, 15) is 0 Å². The summed E-state index contributed by atoms with van der Waals surface area (Å²) in [5.41, 5.74) is 1.46. The predicted molar refractivity (Wildman–Crippen MR) is 136 cm³/mol. The van der Waals surface area contributed by atoms with Gasteiger partial charge < -0.3 is 15.4 Å². The number of nitrogens with one attached hydrogen (secondary N) is 2. The van der Waals surface area contributed by atoms with Crippen LogP contribution in [0.5, 0.6) is 0 Å². The number of morpholine rings is 1. The Hall–Kier alpha value is -1.16. The van der Waals surface area contributed by atoms with Crippen LogP contribution in [0.1, 0.15) is 35.7 Å². The third-order valence-electron chi connectivity index (χ3n) is 5.95. The van der Waals surface area contributed by atoms with Crippen molar-refractivity contribution in [2.24, 2.45) is 10.9 Å². The van der Waals surface area contributed by atoms with Gasteiger partial charge in [-0.2, -0.15) is 0 Å². The molecule has 1 aromatic heterocycles. The van der Waals surface area contributed by atoms with E-state index in [4.69, 9.17) is 4.74 Å². The molecule has 2 heterocycles. The van der Waals surface area contributed by atoms with Crippen molar-refractivity contribution in [3.8, 4) is 0 Å². The lowest BCUT2D eigenvalue weighted by Gasteiger charge is -2.37. The summed E-state index contributed by atoms with van der Waals surface area (Å²) in [5.74, 6) is 2.28. The topological polar surface area (TPSA) is 48.9 Å². The van der Waals surface area contributed by atoms with Gasteiger partial charge >= 0.3 is 0 Å². The van der Waals surface area contributed by atoms with Crippen LogP contribution in [0.4, 0.5) is 0 Å². The van der Waals surface area contributed by atoms with Crippen molar-refractivity contribution in [1.29, 1.82) is 0 Å². The molecule has 2 aromatic rings. The van der Waals surface area contributed by atoms with Crippen LogP contribution in [0.25, 0.3) is 0 Å². The number of rotatable bonds is 7. The second kappa shape index (κ2) is 11.5. The van der Waals surface area contributed by atoms with Gasteiger partial charge in [-0.3, -0.25) is 9.89 Å². The molecule has 5 nitrogen and oxygen atoms in total. The van der Waals surface area contributed by atoms with Crippen LogP contribution in [0.3, 0.4) is 0 Å². The summed E-state index contributed by atoms with van der Waals surface area (Å²) >= 11 is 1.83. The maximum Gasteiger partial charge on any atom is 0.191 e. The lowest BCUT2D eigenvalue weighted by molar-refractivity contribution is -0.0334. The summed E-state index contributed by atoms with van der Waals surface area (Å²) in [7, 11) is 1.86. The fraction of sp³-hybridized carbons (Fsp3) is 0.522. The highest BCUT2D eigenvalue weighted by Crippen LogP contribution is 2.46. The van der Waals surface area contributed by atoms with Gasteiger partial charge in [-0.25, -0.2) is 0 Å². The molecule has 1 saturated heterocycles. The van der Waals surface area contributed by atoms with E-state index in [0.717, 1.165) is 38.7 Å². The molecule has 2 N–H and O–H groups in total. The van der Waals surface area contributed by atoms with Gasteiger partial charge in [-0.15, -0.1) is 35.3 Å². The van der Waals surface area contributed by atoms with Gasteiger partial charge in [-0.05, 0) is 42.2 Å². The number of nitrogens with zero attached hydrogens (tertiary/aromatic N) is 2. The van der Waals surface area contributed by atoms with Crippen molar-refractivity contribution in [2.75, 3.05) is 39.8 Å². The Morgan fingerprint density at radius 2 is 2.07 bits per heavy atom. The Balaban J connectivity index is 0.00000256. The zero-order valence-corrected chi connectivity index (χ0v) is 20.9. The van der Waals surface area contributed by atoms with E-state index >= 15 is 0 Å². The zero-order valence-electron chi connectivity index (χ0n) is 17.8. The van der Waals surface area contributed by atoms with E-state index in [0.29, 0.717) is 17.9 Å². The fourth-order valence-electron chi connectivity index (χ4n) is 4.24. The van der Waals surface area contributed by atoms with Crippen LogP contribution in [0, 0.1) is 5.92 Å². The standard InChI is InChI=1S/C23H32N4OS.HI/c1-17-16-27(10-11-28-17)21(22-9-6-12-29-22)15-26-23(24-2)25-14-19-13-20(19)18-7-4-3-5-8-18;/h3-9,12,17,19-21H,10-11,13-16H2,1-2H3,(H2,24,25,26);1H. The molecular formula is C23H33IN4OS. The SMILES string of the molecule is CN=C(NCC1CC1c1ccccc1)NCC(c1cccs1)N1CCOC(C)C1.I. The molecule has 1 aliphatic heterocycles. The predicted octanol–water partition coefficient (Wildman–Crippen LogP) is 4.10. The summed E-state index contributed by atoms with van der Waals surface area (Å²) in [4.78, 5) is 8.38. The van der Waals surface area contributed by atoms with Gasteiger partial charge in [-0.1, -0.05) is 36.4 Å². The first-order valence-corrected chi connectivity index (χ1v) is 11.5. The number of thiophene rings is 1. The van der Waals surface area contributed by atoms with Gasteiger partial charge in [0.15, 0.2) is 5.96 Å².